The van der Waals surface area contributed by atoms with Crippen molar-refractivity contribution in [1.29, 1.82) is 0 Å². The molecular weight excluding hydrogens is 242 g/mol. The van der Waals surface area contributed by atoms with Crippen molar-refractivity contribution in [3.05, 3.63) is 59.1 Å². The summed E-state index contributed by atoms with van der Waals surface area (Å²) in [6.45, 7) is 2.04. The molecule has 0 aromatic heterocycles. The minimum Gasteiger partial charge on any atom is -0.328 e. The van der Waals surface area contributed by atoms with Crippen molar-refractivity contribution >= 4 is 11.6 Å². The van der Waals surface area contributed by atoms with Gasteiger partial charge in [0, 0.05) is 11.1 Å². The number of nitrogens with two attached hydrogens (primary N) is 1. The minimum absolute atomic E-state index is 0.254. The van der Waals surface area contributed by atoms with Crippen LogP contribution in [0, 0.1) is 0 Å². The Hall–Kier alpha value is -1.31. The Morgan fingerprint density at radius 1 is 1.06 bits per heavy atom. The van der Waals surface area contributed by atoms with E-state index in [-0.39, 0.29) is 6.04 Å². The molecule has 2 heteroatoms. The number of rotatable bonds is 4. The summed E-state index contributed by atoms with van der Waals surface area (Å²) in [4.78, 5) is 0. The highest BCUT2D eigenvalue weighted by Crippen LogP contribution is 2.22. The maximum atomic E-state index is 5.90. The minimum atomic E-state index is 0.254. The van der Waals surface area contributed by atoms with Crippen molar-refractivity contribution in [1.82, 2.24) is 0 Å². The fourth-order valence-corrected chi connectivity index (χ4v) is 2.07. The summed E-state index contributed by atoms with van der Waals surface area (Å²) in [5.74, 6) is 0. The number of halogens is 1. The standard InChI is InChI=1S/C16H18ClN/c1-12(18)5-6-13-3-2-4-15(11-13)14-7-9-16(17)10-8-14/h2-4,7-12H,5-6,18H2,1H3. The van der Waals surface area contributed by atoms with Crippen LogP contribution in [0.4, 0.5) is 0 Å². The molecule has 0 aliphatic rings. The second-order valence-electron chi connectivity index (χ2n) is 4.72. The summed E-state index contributed by atoms with van der Waals surface area (Å²) in [6.07, 6.45) is 2.04. The van der Waals surface area contributed by atoms with Crippen LogP contribution >= 0.6 is 11.6 Å². The zero-order valence-electron chi connectivity index (χ0n) is 10.6. The lowest BCUT2D eigenvalue weighted by Gasteiger charge is -2.07. The molecule has 0 amide bonds. The molecule has 0 radical (unpaired) electrons. The third-order valence-corrected chi connectivity index (χ3v) is 3.24. The molecule has 1 nitrogen and oxygen atoms in total. The molecule has 0 bridgehead atoms. The van der Waals surface area contributed by atoms with Crippen molar-refractivity contribution in [2.24, 2.45) is 5.73 Å². The lowest BCUT2D eigenvalue weighted by molar-refractivity contribution is 0.666. The molecule has 2 aromatic carbocycles. The van der Waals surface area contributed by atoms with Gasteiger partial charge in [-0.2, -0.15) is 0 Å². The fourth-order valence-electron chi connectivity index (χ4n) is 1.94. The largest absolute Gasteiger partial charge is 0.328 e. The van der Waals surface area contributed by atoms with Gasteiger partial charge in [0.2, 0.25) is 0 Å². The van der Waals surface area contributed by atoms with E-state index in [0.29, 0.717) is 0 Å². The second kappa shape index (κ2) is 6.03. The van der Waals surface area contributed by atoms with E-state index in [9.17, 15) is 0 Å². The molecule has 1 unspecified atom stereocenters. The first-order chi connectivity index (χ1) is 8.65. The van der Waals surface area contributed by atoms with Crippen LogP contribution in [0.15, 0.2) is 48.5 Å². The molecule has 0 aliphatic carbocycles. The molecule has 0 heterocycles. The van der Waals surface area contributed by atoms with Gasteiger partial charge >= 0.3 is 0 Å². The Balaban J connectivity index is 2.18. The SMILES string of the molecule is CC(N)CCc1cccc(-c2ccc(Cl)cc2)c1. The van der Waals surface area contributed by atoms with Gasteiger partial charge in [-0.15, -0.1) is 0 Å². The topological polar surface area (TPSA) is 26.0 Å². The van der Waals surface area contributed by atoms with Crippen LogP contribution in [0.1, 0.15) is 18.9 Å². The van der Waals surface area contributed by atoms with E-state index in [1.54, 1.807) is 0 Å². The van der Waals surface area contributed by atoms with E-state index < -0.39 is 0 Å². The quantitative estimate of drug-likeness (QED) is 0.871. The van der Waals surface area contributed by atoms with Crippen molar-refractivity contribution < 1.29 is 0 Å². The van der Waals surface area contributed by atoms with Crippen molar-refractivity contribution in [2.45, 2.75) is 25.8 Å². The van der Waals surface area contributed by atoms with Gasteiger partial charge < -0.3 is 5.73 Å². The van der Waals surface area contributed by atoms with E-state index in [2.05, 4.69) is 24.3 Å². The Kier molecular flexibility index (Phi) is 4.40. The average Bonchev–Trinajstić information content (AvgIpc) is 2.37. The van der Waals surface area contributed by atoms with Crippen LogP contribution in [-0.4, -0.2) is 6.04 Å². The second-order valence-corrected chi connectivity index (χ2v) is 5.16. The van der Waals surface area contributed by atoms with Crippen LogP contribution in [0.25, 0.3) is 11.1 Å². The molecule has 0 spiro atoms. The lowest BCUT2D eigenvalue weighted by Crippen LogP contribution is -2.15. The molecular formula is C16H18ClN. The summed E-state index contributed by atoms with van der Waals surface area (Å²) in [5.41, 5.74) is 9.55. The Morgan fingerprint density at radius 3 is 2.44 bits per heavy atom. The fraction of sp³-hybridized carbons (Fsp3) is 0.250. The molecule has 0 saturated heterocycles. The van der Waals surface area contributed by atoms with Crippen LogP contribution in [0.2, 0.25) is 5.02 Å². The van der Waals surface area contributed by atoms with E-state index in [4.69, 9.17) is 17.3 Å². The van der Waals surface area contributed by atoms with E-state index in [1.807, 2.05) is 31.2 Å². The van der Waals surface area contributed by atoms with E-state index >= 15 is 0 Å². The molecule has 18 heavy (non-hydrogen) atoms. The maximum absolute atomic E-state index is 5.90. The Labute approximate surface area is 114 Å². The molecule has 1 atom stereocenters. The number of aryl methyl sites for hydroxylation is 1. The molecule has 94 valence electrons. The number of hydrogen-bond acceptors (Lipinski definition) is 1. The third kappa shape index (κ3) is 3.59. The Bertz CT molecular complexity index is 503. The lowest BCUT2D eigenvalue weighted by atomic mass is 10.00. The highest BCUT2D eigenvalue weighted by molar-refractivity contribution is 6.30. The summed E-state index contributed by atoms with van der Waals surface area (Å²) in [7, 11) is 0. The molecule has 0 aliphatic heterocycles. The van der Waals surface area contributed by atoms with Gasteiger partial charge in [0.1, 0.15) is 0 Å². The van der Waals surface area contributed by atoms with Gasteiger partial charge in [0.25, 0.3) is 0 Å². The molecule has 2 rings (SSSR count). The summed E-state index contributed by atoms with van der Waals surface area (Å²) < 4.78 is 0. The van der Waals surface area contributed by atoms with Gasteiger partial charge in [0.05, 0.1) is 0 Å². The third-order valence-electron chi connectivity index (χ3n) is 2.99. The first-order valence-corrected chi connectivity index (χ1v) is 6.63. The van der Waals surface area contributed by atoms with Crippen LogP contribution < -0.4 is 5.73 Å². The molecule has 2 aromatic rings. The molecule has 0 fully saturated rings. The zero-order chi connectivity index (χ0) is 13.0. The monoisotopic (exact) mass is 259 g/mol. The predicted molar refractivity (Wildman–Crippen MR) is 78.9 cm³/mol. The smallest absolute Gasteiger partial charge is 0.0406 e. The van der Waals surface area contributed by atoms with Crippen LogP contribution in [0.3, 0.4) is 0 Å². The summed E-state index contributed by atoms with van der Waals surface area (Å²) in [6, 6.07) is 16.8. The summed E-state index contributed by atoms with van der Waals surface area (Å²) in [5, 5.41) is 0.770. The number of benzene rings is 2. The Morgan fingerprint density at radius 2 is 1.78 bits per heavy atom. The highest BCUT2D eigenvalue weighted by atomic mass is 35.5. The molecule has 0 saturated carbocycles. The highest BCUT2D eigenvalue weighted by Gasteiger charge is 2.01. The van der Waals surface area contributed by atoms with Gasteiger partial charge in [-0.25, -0.2) is 0 Å². The van der Waals surface area contributed by atoms with Crippen molar-refractivity contribution in [3.63, 3.8) is 0 Å². The predicted octanol–water partition coefficient (Wildman–Crippen LogP) is 4.29. The number of hydrogen-bond donors (Lipinski definition) is 1. The first-order valence-electron chi connectivity index (χ1n) is 6.25. The van der Waals surface area contributed by atoms with Crippen LogP contribution in [0.5, 0.6) is 0 Å². The zero-order valence-corrected chi connectivity index (χ0v) is 11.3. The van der Waals surface area contributed by atoms with Gasteiger partial charge in [0.15, 0.2) is 0 Å². The van der Waals surface area contributed by atoms with Crippen molar-refractivity contribution in [2.75, 3.05) is 0 Å². The molecule has 2 N–H and O–H groups in total. The first kappa shape index (κ1) is 13.1. The van der Waals surface area contributed by atoms with Gasteiger partial charge in [-0.3, -0.25) is 0 Å². The van der Waals surface area contributed by atoms with Gasteiger partial charge in [-0.05, 0) is 48.6 Å². The van der Waals surface area contributed by atoms with Crippen molar-refractivity contribution in [3.8, 4) is 11.1 Å². The maximum Gasteiger partial charge on any atom is 0.0406 e. The van der Waals surface area contributed by atoms with Gasteiger partial charge in [-0.1, -0.05) is 48.0 Å². The van der Waals surface area contributed by atoms with E-state index in [0.717, 1.165) is 17.9 Å². The average molecular weight is 260 g/mol. The van der Waals surface area contributed by atoms with Crippen LogP contribution in [-0.2, 0) is 6.42 Å². The van der Waals surface area contributed by atoms with E-state index in [1.165, 1.54) is 16.7 Å². The summed E-state index contributed by atoms with van der Waals surface area (Å²) >= 11 is 5.90. The normalized spacial score (nSPS) is 12.4.